The quantitative estimate of drug-likeness (QED) is 0.931. The third-order valence-corrected chi connectivity index (χ3v) is 4.36. The third kappa shape index (κ3) is 2.41. The maximum Gasteiger partial charge on any atom is 0.137 e. The molecule has 1 unspecified atom stereocenters. The van der Waals surface area contributed by atoms with Gasteiger partial charge in [0.15, 0.2) is 0 Å². The summed E-state index contributed by atoms with van der Waals surface area (Å²) in [7, 11) is 1.59. The van der Waals surface area contributed by atoms with Gasteiger partial charge in [0, 0.05) is 0 Å². The normalized spacial score (nSPS) is 15.9. The summed E-state index contributed by atoms with van der Waals surface area (Å²) in [6.07, 6.45) is 1.35. The van der Waals surface area contributed by atoms with Gasteiger partial charge < -0.3 is 9.84 Å². The lowest BCUT2D eigenvalue weighted by Gasteiger charge is -2.19. The zero-order chi connectivity index (χ0) is 14.1. The molecule has 0 spiro atoms. The number of aliphatic hydroxyl groups is 1. The lowest BCUT2D eigenvalue weighted by molar-refractivity contribution is 0.113. The molecule has 0 saturated heterocycles. The summed E-state index contributed by atoms with van der Waals surface area (Å²) in [6.45, 7) is 0. The first kappa shape index (κ1) is 13.5. The molecule has 0 radical (unpaired) electrons. The minimum absolute atomic E-state index is 0.221. The van der Waals surface area contributed by atoms with Crippen molar-refractivity contribution in [2.45, 2.75) is 18.9 Å². The second-order valence-electron chi connectivity index (χ2n) is 5.28. The van der Waals surface area contributed by atoms with Crippen molar-refractivity contribution < 1.29 is 9.84 Å². The van der Waals surface area contributed by atoms with Gasteiger partial charge in [-0.2, -0.15) is 0 Å². The molecular weight excluding hydrogens is 272 g/mol. The number of hydrogen-bond donors (Lipinski definition) is 1. The Kier molecular flexibility index (Phi) is 3.68. The number of halogens is 1. The zero-order valence-electron chi connectivity index (χ0n) is 11.3. The molecule has 3 rings (SSSR count). The van der Waals surface area contributed by atoms with E-state index in [1.807, 2.05) is 12.1 Å². The molecule has 2 aromatic rings. The van der Waals surface area contributed by atoms with Crippen molar-refractivity contribution >= 4 is 11.6 Å². The van der Waals surface area contributed by atoms with Crippen LogP contribution >= 0.6 is 11.6 Å². The van der Waals surface area contributed by atoms with Crippen LogP contribution in [0.15, 0.2) is 42.5 Å². The lowest BCUT2D eigenvalue weighted by Crippen LogP contribution is -2.13. The van der Waals surface area contributed by atoms with Gasteiger partial charge in [0.1, 0.15) is 5.75 Å². The smallest absolute Gasteiger partial charge is 0.137 e. The van der Waals surface area contributed by atoms with Crippen molar-refractivity contribution in [3.63, 3.8) is 0 Å². The predicted octanol–water partition coefficient (Wildman–Crippen LogP) is 3.80. The Hall–Kier alpha value is -1.51. The standard InChI is InChI=1S/C17H17ClO2/c1-20-16-10-13(6-7-15(16)18)17(19)14-8-11-4-2-3-5-12(11)9-14/h2-7,10,14,17,19H,8-9H2,1H3. The lowest BCUT2D eigenvalue weighted by atomic mass is 9.93. The number of ether oxygens (including phenoxy) is 1. The van der Waals surface area contributed by atoms with Crippen LogP contribution in [0.3, 0.4) is 0 Å². The molecule has 3 heteroatoms. The first-order valence-corrected chi connectivity index (χ1v) is 7.15. The van der Waals surface area contributed by atoms with Crippen LogP contribution in [0, 0.1) is 5.92 Å². The van der Waals surface area contributed by atoms with E-state index in [0.29, 0.717) is 10.8 Å². The Labute approximate surface area is 124 Å². The largest absolute Gasteiger partial charge is 0.495 e. The van der Waals surface area contributed by atoms with Gasteiger partial charge >= 0.3 is 0 Å². The van der Waals surface area contributed by atoms with Crippen molar-refractivity contribution in [3.05, 3.63) is 64.2 Å². The maximum absolute atomic E-state index is 10.6. The highest BCUT2D eigenvalue weighted by atomic mass is 35.5. The summed E-state index contributed by atoms with van der Waals surface area (Å²) < 4.78 is 5.22. The van der Waals surface area contributed by atoms with Crippen molar-refractivity contribution in [2.24, 2.45) is 5.92 Å². The van der Waals surface area contributed by atoms with Gasteiger partial charge in [-0.3, -0.25) is 0 Å². The molecule has 0 aromatic heterocycles. The number of aliphatic hydroxyl groups excluding tert-OH is 1. The van der Waals surface area contributed by atoms with E-state index in [0.717, 1.165) is 18.4 Å². The maximum atomic E-state index is 10.6. The van der Waals surface area contributed by atoms with Crippen LogP contribution in [-0.2, 0) is 12.8 Å². The highest BCUT2D eigenvalue weighted by molar-refractivity contribution is 6.32. The fourth-order valence-corrected chi connectivity index (χ4v) is 3.14. The number of methoxy groups -OCH3 is 1. The zero-order valence-corrected chi connectivity index (χ0v) is 12.1. The molecule has 1 aliphatic rings. The van der Waals surface area contributed by atoms with Crippen molar-refractivity contribution in [3.8, 4) is 5.75 Å². The SMILES string of the molecule is COc1cc(C(O)C2Cc3ccccc3C2)ccc1Cl. The Morgan fingerprint density at radius 3 is 2.40 bits per heavy atom. The Balaban J connectivity index is 1.82. The molecule has 1 atom stereocenters. The van der Waals surface area contributed by atoms with Crippen LogP contribution in [0.1, 0.15) is 22.8 Å². The number of hydrogen-bond acceptors (Lipinski definition) is 2. The van der Waals surface area contributed by atoms with E-state index in [4.69, 9.17) is 16.3 Å². The van der Waals surface area contributed by atoms with Crippen LogP contribution in [-0.4, -0.2) is 12.2 Å². The molecule has 2 nitrogen and oxygen atoms in total. The number of rotatable bonds is 3. The van der Waals surface area contributed by atoms with E-state index >= 15 is 0 Å². The molecule has 0 heterocycles. The molecule has 0 saturated carbocycles. The summed E-state index contributed by atoms with van der Waals surface area (Å²) in [5, 5.41) is 11.2. The van der Waals surface area contributed by atoms with Gasteiger partial charge in [-0.05, 0) is 47.6 Å². The van der Waals surface area contributed by atoms with E-state index in [-0.39, 0.29) is 5.92 Å². The average Bonchev–Trinajstić information content (AvgIpc) is 2.91. The van der Waals surface area contributed by atoms with E-state index < -0.39 is 6.10 Å². The molecule has 1 aliphatic carbocycles. The summed E-state index contributed by atoms with van der Waals surface area (Å²) in [6, 6.07) is 13.9. The minimum Gasteiger partial charge on any atom is -0.495 e. The van der Waals surface area contributed by atoms with Crippen LogP contribution in [0.4, 0.5) is 0 Å². The molecule has 20 heavy (non-hydrogen) atoms. The van der Waals surface area contributed by atoms with Crippen molar-refractivity contribution in [2.75, 3.05) is 7.11 Å². The molecular formula is C17H17ClO2. The topological polar surface area (TPSA) is 29.5 Å². The van der Waals surface area contributed by atoms with Crippen molar-refractivity contribution in [1.29, 1.82) is 0 Å². The van der Waals surface area contributed by atoms with E-state index in [1.165, 1.54) is 11.1 Å². The molecule has 0 fully saturated rings. The van der Waals surface area contributed by atoms with Gasteiger partial charge in [0.25, 0.3) is 0 Å². The van der Waals surface area contributed by atoms with Gasteiger partial charge in [-0.1, -0.05) is 41.9 Å². The Morgan fingerprint density at radius 2 is 1.80 bits per heavy atom. The van der Waals surface area contributed by atoms with Gasteiger partial charge in [-0.25, -0.2) is 0 Å². The second-order valence-corrected chi connectivity index (χ2v) is 5.68. The fourth-order valence-electron chi connectivity index (χ4n) is 2.95. The monoisotopic (exact) mass is 288 g/mol. The summed E-state index contributed by atoms with van der Waals surface area (Å²) in [5.74, 6) is 0.831. The first-order chi connectivity index (χ1) is 9.69. The van der Waals surface area contributed by atoms with Crippen LogP contribution < -0.4 is 4.74 Å². The van der Waals surface area contributed by atoms with Crippen molar-refractivity contribution in [1.82, 2.24) is 0 Å². The summed E-state index contributed by atoms with van der Waals surface area (Å²) >= 11 is 6.03. The van der Waals surface area contributed by atoms with Crippen LogP contribution in [0.2, 0.25) is 5.02 Å². The Morgan fingerprint density at radius 1 is 1.15 bits per heavy atom. The predicted molar refractivity (Wildman–Crippen MR) is 80.3 cm³/mol. The number of benzene rings is 2. The first-order valence-electron chi connectivity index (χ1n) is 6.77. The van der Waals surface area contributed by atoms with E-state index in [1.54, 1.807) is 13.2 Å². The van der Waals surface area contributed by atoms with Gasteiger partial charge in [0.05, 0.1) is 18.2 Å². The minimum atomic E-state index is -0.492. The third-order valence-electron chi connectivity index (χ3n) is 4.05. The van der Waals surface area contributed by atoms with Gasteiger partial charge in [0.2, 0.25) is 0 Å². The van der Waals surface area contributed by atoms with E-state index in [9.17, 15) is 5.11 Å². The molecule has 2 aromatic carbocycles. The average molecular weight is 289 g/mol. The Bertz CT molecular complexity index is 599. The molecule has 104 valence electrons. The fraction of sp³-hybridized carbons (Fsp3) is 0.294. The van der Waals surface area contributed by atoms with Crippen LogP contribution in [0.5, 0.6) is 5.75 Å². The van der Waals surface area contributed by atoms with E-state index in [2.05, 4.69) is 24.3 Å². The summed E-state index contributed by atoms with van der Waals surface area (Å²) in [4.78, 5) is 0. The molecule has 0 amide bonds. The molecule has 1 N–H and O–H groups in total. The highest BCUT2D eigenvalue weighted by Gasteiger charge is 2.28. The summed E-state index contributed by atoms with van der Waals surface area (Å²) in [5.41, 5.74) is 3.55. The number of fused-ring (bicyclic) bond motifs is 1. The molecule has 0 aliphatic heterocycles. The second kappa shape index (κ2) is 5.47. The van der Waals surface area contributed by atoms with Gasteiger partial charge in [-0.15, -0.1) is 0 Å². The highest BCUT2D eigenvalue weighted by Crippen LogP contribution is 2.37. The van der Waals surface area contributed by atoms with Crippen LogP contribution in [0.25, 0.3) is 0 Å². The molecule has 0 bridgehead atoms.